The molecule has 1 atom stereocenters. The summed E-state index contributed by atoms with van der Waals surface area (Å²) in [6, 6.07) is 7.34. The minimum Gasteiger partial charge on any atom is -0.310 e. The number of rotatable bonds is 4. The highest BCUT2D eigenvalue weighted by Gasteiger charge is 2.19. The number of nitrogens with one attached hydrogen (secondary N) is 1. The Morgan fingerprint density at radius 1 is 1.18 bits per heavy atom. The van der Waals surface area contributed by atoms with Crippen LogP contribution in [0.4, 0.5) is 4.39 Å². The smallest absolute Gasteiger partial charge is 0.123 e. The quantitative estimate of drug-likeness (QED) is 0.835. The highest BCUT2D eigenvalue weighted by atomic mass is 19.1. The first kappa shape index (κ1) is 12.6. The topological polar surface area (TPSA) is 12.0 Å². The molecule has 0 radical (unpaired) electrons. The van der Waals surface area contributed by atoms with Crippen LogP contribution >= 0.6 is 0 Å². The molecule has 2 heteroatoms. The summed E-state index contributed by atoms with van der Waals surface area (Å²) in [6.07, 6.45) is 6.89. The van der Waals surface area contributed by atoms with Gasteiger partial charge in [0, 0.05) is 12.6 Å². The van der Waals surface area contributed by atoms with Gasteiger partial charge < -0.3 is 5.32 Å². The van der Waals surface area contributed by atoms with Crippen molar-refractivity contribution in [1.29, 1.82) is 0 Å². The maximum absolute atomic E-state index is 12.8. The lowest BCUT2D eigenvalue weighted by atomic mass is 9.84. The Balaban J connectivity index is 1.78. The molecule has 1 aliphatic carbocycles. The fourth-order valence-electron chi connectivity index (χ4n) is 2.68. The average molecular weight is 235 g/mol. The van der Waals surface area contributed by atoms with Gasteiger partial charge in [-0.1, -0.05) is 31.4 Å². The molecule has 2 rings (SSSR count). The highest BCUT2D eigenvalue weighted by Crippen LogP contribution is 2.26. The van der Waals surface area contributed by atoms with E-state index < -0.39 is 0 Å². The molecule has 1 fully saturated rings. The number of benzene rings is 1. The molecular formula is C15H22FN. The number of hydrogen-bond donors (Lipinski definition) is 1. The van der Waals surface area contributed by atoms with E-state index in [1.807, 2.05) is 12.1 Å². The molecule has 0 heterocycles. The van der Waals surface area contributed by atoms with Gasteiger partial charge >= 0.3 is 0 Å². The monoisotopic (exact) mass is 235 g/mol. The summed E-state index contributed by atoms with van der Waals surface area (Å²) in [5.41, 5.74) is 1.16. The maximum Gasteiger partial charge on any atom is 0.123 e. The first-order valence-electron chi connectivity index (χ1n) is 6.73. The third-order valence-electron chi connectivity index (χ3n) is 3.90. The van der Waals surface area contributed by atoms with Crippen LogP contribution in [-0.2, 0) is 6.54 Å². The fourth-order valence-corrected chi connectivity index (χ4v) is 2.68. The Bertz CT molecular complexity index is 327. The molecule has 17 heavy (non-hydrogen) atoms. The second kappa shape index (κ2) is 6.15. The summed E-state index contributed by atoms with van der Waals surface area (Å²) in [5.74, 6) is 0.665. The van der Waals surface area contributed by atoms with Gasteiger partial charge in [0.05, 0.1) is 0 Å². The van der Waals surface area contributed by atoms with Gasteiger partial charge in [-0.25, -0.2) is 4.39 Å². The molecule has 0 saturated heterocycles. The predicted molar refractivity (Wildman–Crippen MR) is 69.3 cm³/mol. The normalized spacial score (nSPS) is 19.2. The molecule has 1 N–H and O–H groups in total. The molecular weight excluding hydrogens is 213 g/mol. The minimum absolute atomic E-state index is 0.158. The zero-order valence-electron chi connectivity index (χ0n) is 10.6. The Kier molecular flexibility index (Phi) is 4.55. The second-order valence-electron chi connectivity index (χ2n) is 5.19. The van der Waals surface area contributed by atoms with Gasteiger partial charge in [0.15, 0.2) is 0 Å². The Hall–Kier alpha value is -0.890. The molecule has 1 nitrogen and oxygen atoms in total. The summed E-state index contributed by atoms with van der Waals surface area (Å²) in [5, 5.41) is 3.57. The molecule has 0 amide bonds. The van der Waals surface area contributed by atoms with Crippen LogP contribution in [0.5, 0.6) is 0 Å². The Morgan fingerprint density at radius 3 is 2.47 bits per heavy atom. The molecule has 1 aliphatic rings. The van der Waals surface area contributed by atoms with Crippen molar-refractivity contribution < 1.29 is 4.39 Å². The van der Waals surface area contributed by atoms with Crippen LogP contribution in [0.15, 0.2) is 24.3 Å². The van der Waals surface area contributed by atoms with Gasteiger partial charge in [0.2, 0.25) is 0 Å². The molecule has 1 unspecified atom stereocenters. The average Bonchev–Trinajstić information content (AvgIpc) is 2.39. The first-order valence-corrected chi connectivity index (χ1v) is 6.73. The zero-order chi connectivity index (χ0) is 12.1. The molecule has 0 spiro atoms. The molecule has 0 bridgehead atoms. The van der Waals surface area contributed by atoms with E-state index in [-0.39, 0.29) is 5.82 Å². The number of hydrogen-bond acceptors (Lipinski definition) is 1. The van der Waals surface area contributed by atoms with Gasteiger partial charge in [0.25, 0.3) is 0 Å². The summed E-state index contributed by atoms with van der Waals surface area (Å²) >= 11 is 0. The third kappa shape index (κ3) is 3.81. The van der Waals surface area contributed by atoms with Gasteiger partial charge in [-0.2, -0.15) is 0 Å². The van der Waals surface area contributed by atoms with E-state index in [1.165, 1.54) is 44.2 Å². The standard InChI is InChI=1S/C15H22FN/c1-12(14-5-3-2-4-6-14)17-11-13-7-9-15(16)10-8-13/h7-10,12,14,17H,2-6,11H2,1H3. The lowest BCUT2D eigenvalue weighted by Gasteiger charge is -2.28. The summed E-state index contributed by atoms with van der Waals surface area (Å²) in [7, 11) is 0. The van der Waals surface area contributed by atoms with Crippen LogP contribution in [0.1, 0.15) is 44.6 Å². The number of halogens is 1. The lowest BCUT2D eigenvalue weighted by Crippen LogP contribution is -2.34. The van der Waals surface area contributed by atoms with Crippen LogP contribution in [0, 0.1) is 11.7 Å². The highest BCUT2D eigenvalue weighted by molar-refractivity contribution is 5.15. The molecule has 94 valence electrons. The van der Waals surface area contributed by atoms with Gasteiger partial charge in [-0.3, -0.25) is 0 Å². The Morgan fingerprint density at radius 2 is 1.82 bits per heavy atom. The van der Waals surface area contributed by atoms with E-state index in [0.29, 0.717) is 6.04 Å². The SMILES string of the molecule is CC(NCc1ccc(F)cc1)C1CCCCC1. The molecule has 1 aromatic carbocycles. The molecule has 0 aromatic heterocycles. The fraction of sp³-hybridized carbons (Fsp3) is 0.600. The zero-order valence-corrected chi connectivity index (χ0v) is 10.6. The van der Waals surface area contributed by atoms with Crippen molar-refractivity contribution in [2.45, 2.75) is 51.6 Å². The van der Waals surface area contributed by atoms with Crippen LogP contribution in [0.3, 0.4) is 0 Å². The van der Waals surface area contributed by atoms with E-state index in [4.69, 9.17) is 0 Å². The minimum atomic E-state index is -0.158. The van der Waals surface area contributed by atoms with Gasteiger partial charge in [-0.05, 0) is 43.4 Å². The van der Waals surface area contributed by atoms with Crippen molar-refractivity contribution in [3.05, 3.63) is 35.6 Å². The van der Waals surface area contributed by atoms with Gasteiger partial charge in [-0.15, -0.1) is 0 Å². The van der Waals surface area contributed by atoms with E-state index in [0.717, 1.165) is 18.0 Å². The molecule has 0 aliphatic heterocycles. The molecule has 1 aromatic rings. The van der Waals surface area contributed by atoms with Crippen molar-refractivity contribution in [3.8, 4) is 0 Å². The maximum atomic E-state index is 12.8. The van der Waals surface area contributed by atoms with E-state index in [9.17, 15) is 4.39 Å². The third-order valence-corrected chi connectivity index (χ3v) is 3.90. The molecule has 1 saturated carbocycles. The second-order valence-corrected chi connectivity index (χ2v) is 5.19. The van der Waals surface area contributed by atoms with Gasteiger partial charge in [0.1, 0.15) is 5.82 Å². The van der Waals surface area contributed by atoms with E-state index in [1.54, 1.807) is 0 Å². The Labute approximate surface area is 103 Å². The van der Waals surface area contributed by atoms with Crippen LogP contribution in [0.2, 0.25) is 0 Å². The lowest BCUT2D eigenvalue weighted by molar-refractivity contribution is 0.280. The van der Waals surface area contributed by atoms with Crippen molar-refractivity contribution in [2.75, 3.05) is 0 Å². The van der Waals surface area contributed by atoms with Crippen molar-refractivity contribution >= 4 is 0 Å². The van der Waals surface area contributed by atoms with Crippen LogP contribution < -0.4 is 5.32 Å². The largest absolute Gasteiger partial charge is 0.310 e. The van der Waals surface area contributed by atoms with E-state index in [2.05, 4.69) is 12.2 Å². The summed E-state index contributed by atoms with van der Waals surface area (Å²) in [6.45, 7) is 3.12. The first-order chi connectivity index (χ1) is 8.25. The summed E-state index contributed by atoms with van der Waals surface area (Å²) in [4.78, 5) is 0. The predicted octanol–water partition coefficient (Wildman–Crippen LogP) is 3.88. The van der Waals surface area contributed by atoms with E-state index >= 15 is 0 Å². The van der Waals surface area contributed by atoms with Crippen molar-refractivity contribution in [2.24, 2.45) is 5.92 Å². The van der Waals surface area contributed by atoms with Crippen LogP contribution in [-0.4, -0.2) is 6.04 Å². The van der Waals surface area contributed by atoms with Crippen LogP contribution in [0.25, 0.3) is 0 Å². The van der Waals surface area contributed by atoms with Crippen molar-refractivity contribution in [3.63, 3.8) is 0 Å². The van der Waals surface area contributed by atoms with Crippen molar-refractivity contribution in [1.82, 2.24) is 5.32 Å². The summed E-state index contributed by atoms with van der Waals surface area (Å²) < 4.78 is 12.8.